The molecule has 1 atom stereocenters. The van der Waals surface area contributed by atoms with Crippen molar-refractivity contribution in [3.8, 4) is 0 Å². The molecule has 0 spiro atoms. The molecule has 1 heterocycles. The number of likely N-dealkylation sites (tertiary alicyclic amines) is 1. The minimum Gasteiger partial charge on any atom is -0.314 e. The molecule has 108 valence electrons. The van der Waals surface area contributed by atoms with Gasteiger partial charge in [0, 0.05) is 6.04 Å². The summed E-state index contributed by atoms with van der Waals surface area (Å²) < 4.78 is 0. The maximum atomic E-state index is 3.76. The first-order valence-corrected chi connectivity index (χ1v) is 8.10. The second-order valence-electron chi connectivity index (χ2n) is 6.48. The Morgan fingerprint density at radius 3 is 2.61 bits per heavy atom. The molecule has 1 aliphatic rings. The van der Waals surface area contributed by atoms with E-state index >= 15 is 0 Å². The fourth-order valence-electron chi connectivity index (χ4n) is 2.78. The van der Waals surface area contributed by atoms with E-state index in [1.165, 1.54) is 71.0 Å². The fourth-order valence-corrected chi connectivity index (χ4v) is 2.78. The molecule has 0 saturated carbocycles. The van der Waals surface area contributed by atoms with Gasteiger partial charge >= 0.3 is 0 Å². The van der Waals surface area contributed by atoms with Crippen molar-refractivity contribution < 1.29 is 0 Å². The maximum Gasteiger partial charge on any atom is 0.00797 e. The lowest BCUT2D eigenvalue weighted by Gasteiger charge is -2.16. The molecule has 1 unspecified atom stereocenters. The number of unbranched alkanes of at least 4 members (excludes halogenated alkanes) is 3. The molecule has 0 radical (unpaired) electrons. The van der Waals surface area contributed by atoms with E-state index in [9.17, 15) is 0 Å². The van der Waals surface area contributed by atoms with Gasteiger partial charge in [0.25, 0.3) is 0 Å². The van der Waals surface area contributed by atoms with Gasteiger partial charge in [-0.2, -0.15) is 0 Å². The topological polar surface area (TPSA) is 15.3 Å². The number of hydrogen-bond donors (Lipinski definition) is 1. The van der Waals surface area contributed by atoms with Crippen LogP contribution in [0.2, 0.25) is 0 Å². The summed E-state index contributed by atoms with van der Waals surface area (Å²) in [6, 6.07) is 0.783. The molecule has 2 heteroatoms. The van der Waals surface area contributed by atoms with Crippen molar-refractivity contribution in [3.05, 3.63) is 0 Å². The zero-order valence-corrected chi connectivity index (χ0v) is 12.9. The highest BCUT2D eigenvalue weighted by Crippen LogP contribution is 2.11. The van der Waals surface area contributed by atoms with Crippen molar-refractivity contribution in [2.75, 3.05) is 26.7 Å². The number of rotatable bonds is 8. The molecule has 0 bridgehead atoms. The third kappa shape index (κ3) is 8.10. The van der Waals surface area contributed by atoms with Crippen LogP contribution in [0.1, 0.15) is 65.2 Å². The van der Waals surface area contributed by atoms with Gasteiger partial charge in [-0.05, 0) is 58.3 Å². The molecule has 1 N–H and O–H groups in total. The van der Waals surface area contributed by atoms with Crippen molar-refractivity contribution in [1.29, 1.82) is 0 Å². The van der Waals surface area contributed by atoms with E-state index in [4.69, 9.17) is 0 Å². The van der Waals surface area contributed by atoms with Gasteiger partial charge in [-0.25, -0.2) is 0 Å². The molecule has 0 aromatic heterocycles. The van der Waals surface area contributed by atoms with Crippen molar-refractivity contribution >= 4 is 0 Å². The van der Waals surface area contributed by atoms with E-state index in [-0.39, 0.29) is 0 Å². The minimum absolute atomic E-state index is 0.783. The molecule has 0 aromatic rings. The summed E-state index contributed by atoms with van der Waals surface area (Å²) in [7, 11) is 2.25. The van der Waals surface area contributed by atoms with E-state index in [2.05, 4.69) is 31.1 Å². The predicted molar refractivity (Wildman–Crippen MR) is 81.1 cm³/mol. The summed E-state index contributed by atoms with van der Waals surface area (Å²) in [6.07, 6.45) is 11.1. The first kappa shape index (κ1) is 16.0. The molecular formula is C16H34N2. The molecule has 2 nitrogen and oxygen atoms in total. The Balaban J connectivity index is 1.91. The number of nitrogens with zero attached hydrogens (tertiary/aromatic N) is 1. The second kappa shape index (κ2) is 9.80. The van der Waals surface area contributed by atoms with Crippen molar-refractivity contribution in [3.63, 3.8) is 0 Å². The largest absolute Gasteiger partial charge is 0.314 e. The molecule has 0 amide bonds. The van der Waals surface area contributed by atoms with Gasteiger partial charge in [0.2, 0.25) is 0 Å². The summed E-state index contributed by atoms with van der Waals surface area (Å²) in [5, 5.41) is 3.76. The van der Waals surface area contributed by atoms with Crippen molar-refractivity contribution in [1.82, 2.24) is 10.2 Å². The standard InChI is InChI=1S/C16H34N2/c1-15(2)9-6-4-5-7-12-17-16-10-8-13-18(3)14-11-16/h15-17H,4-14H2,1-3H3. The van der Waals surface area contributed by atoms with Crippen LogP contribution in [0, 0.1) is 5.92 Å². The molecule has 0 aromatic carbocycles. The van der Waals surface area contributed by atoms with Crippen LogP contribution in [0.4, 0.5) is 0 Å². The van der Waals surface area contributed by atoms with E-state index in [1.54, 1.807) is 0 Å². The maximum absolute atomic E-state index is 3.76. The lowest BCUT2D eigenvalue weighted by Crippen LogP contribution is -2.31. The second-order valence-corrected chi connectivity index (χ2v) is 6.48. The third-order valence-electron chi connectivity index (χ3n) is 4.09. The van der Waals surface area contributed by atoms with Gasteiger partial charge in [0.1, 0.15) is 0 Å². The highest BCUT2D eigenvalue weighted by Gasteiger charge is 2.13. The van der Waals surface area contributed by atoms with Gasteiger partial charge in [0.15, 0.2) is 0 Å². The van der Waals surface area contributed by atoms with Crippen LogP contribution in [0.3, 0.4) is 0 Å². The normalized spacial score (nSPS) is 22.3. The van der Waals surface area contributed by atoms with Crippen LogP contribution in [0.25, 0.3) is 0 Å². The fraction of sp³-hybridized carbons (Fsp3) is 1.00. The minimum atomic E-state index is 0.783. The van der Waals surface area contributed by atoms with Crippen LogP contribution >= 0.6 is 0 Å². The lowest BCUT2D eigenvalue weighted by molar-refractivity contribution is 0.343. The van der Waals surface area contributed by atoms with Gasteiger partial charge in [0.05, 0.1) is 0 Å². The van der Waals surface area contributed by atoms with Crippen LogP contribution in [0.5, 0.6) is 0 Å². The highest BCUT2D eigenvalue weighted by molar-refractivity contribution is 4.73. The molecule has 1 fully saturated rings. The Bertz CT molecular complexity index is 192. The number of hydrogen-bond acceptors (Lipinski definition) is 2. The number of nitrogens with one attached hydrogen (secondary N) is 1. The van der Waals surface area contributed by atoms with Crippen LogP contribution in [0.15, 0.2) is 0 Å². The molecule has 1 saturated heterocycles. The summed E-state index contributed by atoms with van der Waals surface area (Å²) in [6.45, 7) is 8.44. The summed E-state index contributed by atoms with van der Waals surface area (Å²) in [5.74, 6) is 0.881. The molecular weight excluding hydrogens is 220 g/mol. The van der Waals surface area contributed by atoms with Crippen LogP contribution in [-0.4, -0.2) is 37.6 Å². The van der Waals surface area contributed by atoms with E-state index < -0.39 is 0 Å². The average molecular weight is 254 g/mol. The summed E-state index contributed by atoms with van der Waals surface area (Å²) in [5.41, 5.74) is 0. The van der Waals surface area contributed by atoms with E-state index in [0.29, 0.717) is 0 Å². The van der Waals surface area contributed by atoms with E-state index in [1.807, 2.05) is 0 Å². The first-order valence-electron chi connectivity index (χ1n) is 8.10. The molecule has 18 heavy (non-hydrogen) atoms. The smallest absolute Gasteiger partial charge is 0.00797 e. The molecule has 1 rings (SSSR count). The zero-order valence-electron chi connectivity index (χ0n) is 12.9. The van der Waals surface area contributed by atoms with Crippen LogP contribution in [-0.2, 0) is 0 Å². The summed E-state index contributed by atoms with van der Waals surface area (Å²) in [4.78, 5) is 2.47. The van der Waals surface area contributed by atoms with Crippen molar-refractivity contribution in [2.24, 2.45) is 5.92 Å². The van der Waals surface area contributed by atoms with Gasteiger partial charge in [-0.3, -0.25) is 0 Å². The first-order chi connectivity index (χ1) is 8.68. The Morgan fingerprint density at radius 2 is 1.83 bits per heavy atom. The SMILES string of the molecule is CC(C)CCCCCCNC1CCCN(C)CC1. The van der Waals surface area contributed by atoms with E-state index in [0.717, 1.165) is 12.0 Å². The monoisotopic (exact) mass is 254 g/mol. The molecule has 0 aliphatic carbocycles. The highest BCUT2D eigenvalue weighted by atomic mass is 15.1. The predicted octanol–water partition coefficient (Wildman–Crippen LogP) is 3.67. The van der Waals surface area contributed by atoms with Crippen LogP contribution < -0.4 is 5.32 Å². The Morgan fingerprint density at radius 1 is 1.06 bits per heavy atom. The van der Waals surface area contributed by atoms with Gasteiger partial charge < -0.3 is 10.2 Å². The Labute approximate surface area is 115 Å². The molecule has 1 aliphatic heterocycles. The summed E-state index contributed by atoms with van der Waals surface area (Å²) >= 11 is 0. The Hall–Kier alpha value is -0.0800. The third-order valence-corrected chi connectivity index (χ3v) is 4.09. The van der Waals surface area contributed by atoms with Gasteiger partial charge in [-0.15, -0.1) is 0 Å². The Kier molecular flexibility index (Phi) is 8.70. The zero-order chi connectivity index (χ0) is 13.2. The lowest BCUT2D eigenvalue weighted by atomic mass is 10.0. The quantitative estimate of drug-likeness (QED) is 0.665. The van der Waals surface area contributed by atoms with Crippen molar-refractivity contribution in [2.45, 2.75) is 71.3 Å². The average Bonchev–Trinajstić information content (AvgIpc) is 2.53. The van der Waals surface area contributed by atoms with Gasteiger partial charge in [-0.1, -0.05) is 39.5 Å².